The van der Waals surface area contributed by atoms with Gasteiger partial charge in [0, 0.05) is 0 Å². The number of hydrogen-bond acceptors (Lipinski definition) is 4. The third kappa shape index (κ3) is 1.56. The average molecular weight is 206 g/mol. The molecule has 15 heavy (non-hydrogen) atoms. The van der Waals surface area contributed by atoms with Crippen molar-refractivity contribution in [1.29, 1.82) is 0 Å². The lowest BCUT2D eigenvalue weighted by Gasteiger charge is -2.02. The number of rotatable bonds is 1. The zero-order valence-corrected chi connectivity index (χ0v) is 7.59. The van der Waals surface area contributed by atoms with Gasteiger partial charge in [0.15, 0.2) is 0 Å². The van der Waals surface area contributed by atoms with Crippen LogP contribution < -0.4 is 5.73 Å². The standard InChI is InChI=1S/C9H7FN4O/c10-7-4-2-1-3-6(7)8(15)14-9(11)12-5-13-14/h1-5H,(H2,11,12,13). The molecule has 1 heterocycles. The normalized spacial score (nSPS) is 10.2. The summed E-state index contributed by atoms with van der Waals surface area (Å²) in [6.07, 6.45) is 1.13. The molecule has 0 unspecified atom stereocenters. The molecule has 0 amide bonds. The first kappa shape index (κ1) is 9.32. The van der Waals surface area contributed by atoms with Crippen LogP contribution in [0.25, 0.3) is 0 Å². The zero-order valence-electron chi connectivity index (χ0n) is 7.59. The maximum Gasteiger partial charge on any atom is 0.284 e. The number of halogens is 1. The lowest BCUT2D eigenvalue weighted by molar-refractivity contribution is 0.0943. The fourth-order valence-electron chi connectivity index (χ4n) is 1.16. The topological polar surface area (TPSA) is 73.8 Å². The monoisotopic (exact) mass is 206 g/mol. The van der Waals surface area contributed by atoms with E-state index in [0.717, 1.165) is 11.0 Å². The van der Waals surface area contributed by atoms with Gasteiger partial charge in [0.1, 0.15) is 12.1 Å². The Morgan fingerprint density at radius 1 is 1.40 bits per heavy atom. The van der Waals surface area contributed by atoms with Crippen LogP contribution in [-0.2, 0) is 0 Å². The van der Waals surface area contributed by atoms with E-state index in [1.54, 1.807) is 6.07 Å². The molecule has 0 aliphatic heterocycles. The van der Waals surface area contributed by atoms with Crippen LogP contribution in [0.3, 0.4) is 0 Å². The van der Waals surface area contributed by atoms with Gasteiger partial charge in [-0.15, -0.1) is 0 Å². The van der Waals surface area contributed by atoms with Gasteiger partial charge in [0.05, 0.1) is 5.56 Å². The number of nitrogen functional groups attached to an aromatic ring is 1. The Morgan fingerprint density at radius 2 is 2.13 bits per heavy atom. The lowest BCUT2D eigenvalue weighted by Crippen LogP contribution is -2.17. The second-order valence-electron chi connectivity index (χ2n) is 2.82. The summed E-state index contributed by atoms with van der Waals surface area (Å²) in [4.78, 5) is 15.3. The van der Waals surface area contributed by atoms with Gasteiger partial charge < -0.3 is 5.73 Å². The Morgan fingerprint density at radius 3 is 2.73 bits per heavy atom. The summed E-state index contributed by atoms with van der Waals surface area (Å²) in [5, 5.41) is 3.60. The van der Waals surface area contributed by atoms with E-state index in [1.807, 2.05) is 0 Å². The SMILES string of the molecule is Nc1ncnn1C(=O)c1ccccc1F. The number of aromatic nitrogens is 3. The van der Waals surface area contributed by atoms with Gasteiger partial charge in [-0.2, -0.15) is 14.8 Å². The lowest BCUT2D eigenvalue weighted by atomic mass is 10.2. The molecule has 0 bridgehead atoms. The van der Waals surface area contributed by atoms with Crippen molar-refractivity contribution in [2.45, 2.75) is 0 Å². The zero-order chi connectivity index (χ0) is 10.8. The summed E-state index contributed by atoms with van der Waals surface area (Å²) in [6.45, 7) is 0. The highest BCUT2D eigenvalue weighted by atomic mass is 19.1. The van der Waals surface area contributed by atoms with Crippen molar-refractivity contribution in [1.82, 2.24) is 14.8 Å². The van der Waals surface area contributed by atoms with Crippen LogP contribution in [0.2, 0.25) is 0 Å². The van der Waals surface area contributed by atoms with Crippen molar-refractivity contribution in [3.8, 4) is 0 Å². The number of carbonyl (C=O) groups is 1. The Hall–Kier alpha value is -2.24. The molecule has 0 radical (unpaired) electrons. The molecule has 2 rings (SSSR count). The van der Waals surface area contributed by atoms with E-state index in [4.69, 9.17) is 5.73 Å². The largest absolute Gasteiger partial charge is 0.368 e. The molecule has 0 fully saturated rings. The van der Waals surface area contributed by atoms with Gasteiger partial charge >= 0.3 is 0 Å². The first-order valence-corrected chi connectivity index (χ1v) is 4.15. The van der Waals surface area contributed by atoms with Gasteiger partial charge in [-0.3, -0.25) is 4.79 Å². The van der Waals surface area contributed by atoms with Gasteiger partial charge in [0.25, 0.3) is 5.91 Å². The van der Waals surface area contributed by atoms with E-state index in [1.165, 1.54) is 18.2 Å². The van der Waals surface area contributed by atoms with Crippen LogP contribution in [0.1, 0.15) is 10.4 Å². The summed E-state index contributed by atoms with van der Waals surface area (Å²) in [7, 11) is 0. The molecule has 2 aromatic rings. The number of nitrogens with two attached hydrogens (primary N) is 1. The minimum absolute atomic E-state index is 0.0664. The van der Waals surface area contributed by atoms with E-state index in [9.17, 15) is 9.18 Å². The van der Waals surface area contributed by atoms with Crippen molar-refractivity contribution >= 4 is 11.9 Å². The molecule has 1 aromatic heterocycles. The Bertz CT molecular complexity index is 508. The molecule has 1 aromatic carbocycles. The van der Waals surface area contributed by atoms with Crippen molar-refractivity contribution in [2.75, 3.05) is 5.73 Å². The highest BCUT2D eigenvalue weighted by molar-refractivity contribution is 5.96. The molecule has 76 valence electrons. The summed E-state index contributed by atoms with van der Waals surface area (Å²) in [5.41, 5.74) is 5.29. The number of anilines is 1. The fourth-order valence-corrected chi connectivity index (χ4v) is 1.16. The van der Waals surface area contributed by atoms with Crippen molar-refractivity contribution < 1.29 is 9.18 Å². The highest BCUT2D eigenvalue weighted by Crippen LogP contribution is 2.09. The Balaban J connectivity index is 2.46. The molecule has 0 atom stereocenters. The summed E-state index contributed by atoms with van der Waals surface area (Å²) < 4.78 is 14.1. The number of hydrogen-bond donors (Lipinski definition) is 1. The van der Waals surface area contributed by atoms with E-state index in [-0.39, 0.29) is 11.5 Å². The minimum Gasteiger partial charge on any atom is -0.368 e. The van der Waals surface area contributed by atoms with Crippen LogP contribution in [0, 0.1) is 5.82 Å². The quantitative estimate of drug-likeness (QED) is 0.744. The fraction of sp³-hybridized carbons (Fsp3) is 0. The van der Waals surface area contributed by atoms with Gasteiger partial charge in [0.2, 0.25) is 5.95 Å². The number of carbonyl (C=O) groups excluding carboxylic acids is 1. The van der Waals surface area contributed by atoms with E-state index in [0.29, 0.717) is 0 Å². The van der Waals surface area contributed by atoms with E-state index in [2.05, 4.69) is 10.1 Å². The maximum absolute atomic E-state index is 13.2. The van der Waals surface area contributed by atoms with Crippen LogP contribution in [0.5, 0.6) is 0 Å². The smallest absolute Gasteiger partial charge is 0.284 e. The Labute approximate surface area is 84.3 Å². The van der Waals surface area contributed by atoms with Gasteiger partial charge in [-0.1, -0.05) is 12.1 Å². The van der Waals surface area contributed by atoms with Crippen LogP contribution in [0.15, 0.2) is 30.6 Å². The van der Waals surface area contributed by atoms with Gasteiger partial charge in [-0.05, 0) is 12.1 Å². The van der Waals surface area contributed by atoms with Crippen LogP contribution in [0.4, 0.5) is 10.3 Å². The maximum atomic E-state index is 13.2. The molecule has 0 saturated heterocycles. The van der Waals surface area contributed by atoms with Crippen molar-refractivity contribution in [2.24, 2.45) is 0 Å². The summed E-state index contributed by atoms with van der Waals surface area (Å²) >= 11 is 0. The van der Waals surface area contributed by atoms with Gasteiger partial charge in [-0.25, -0.2) is 4.39 Å². The molecular weight excluding hydrogens is 199 g/mol. The van der Waals surface area contributed by atoms with Crippen LogP contribution >= 0.6 is 0 Å². The second kappa shape index (κ2) is 3.49. The molecule has 0 aliphatic rings. The predicted octanol–water partition coefficient (Wildman–Crippen LogP) is 0.688. The second-order valence-corrected chi connectivity index (χ2v) is 2.82. The molecule has 0 spiro atoms. The molecule has 0 aliphatic carbocycles. The average Bonchev–Trinajstić information content (AvgIpc) is 2.64. The van der Waals surface area contributed by atoms with Crippen molar-refractivity contribution in [3.63, 3.8) is 0 Å². The third-order valence-electron chi connectivity index (χ3n) is 1.87. The first-order chi connectivity index (χ1) is 7.20. The van der Waals surface area contributed by atoms with Crippen LogP contribution in [-0.4, -0.2) is 20.7 Å². The van der Waals surface area contributed by atoms with Crippen molar-refractivity contribution in [3.05, 3.63) is 42.0 Å². The number of nitrogens with zero attached hydrogens (tertiary/aromatic N) is 3. The third-order valence-corrected chi connectivity index (χ3v) is 1.87. The summed E-state index contributed by atoms with van der Waals surface area (Å²) in [6, 6.07) is 5.61. The molecule has 5 nitrogen and oxygen atoms in total. The van der Waals surface area contributed by atoms with E-state index < -0.39 is 11.7 Å². The molecule has 0 saturated carbocycles. The molecule has 2 N–H and O–H groups in total. The van der Waals surface area contributed by atoms with E-state index >= 15 is 0 Å². The summed E-state index contributed by atoms with van der Waals surface area (Å²) in [5.74, 6) is -1.32. The number of benzene rings is 1. The Kier molecular flexibility index (Phi) is 2.17. The predicted molar refractivity (Wildman–Crippen MR) is 50.6 cm³/mol. The first-order valence-electron chi connectivity index (χ1n) is 4.15. The molecular formula is C9H7FN4O. The highest BCUT2D eigenvalue weighted by Gasteiger charge is 2.15. The minimum atomic E-state index is -0.636. The molecule has 6 heteroatoms.